The van der Waals surface area contributed by atoms with Gasteiger partial charge in [0.1, 0.15) is 26.7 Å². The molecule has 0 saturated carbocycles. The van der Waals surface area contributed by atoms with Crippen molar-refractivity contribution in [3.8, 4) is 22.1 Å². The molecule has 0 aliphatic rings. The van der Waals surface area contributed by atoms with Crippen molar-refractivity contribution in [2.24, 2.45) is 0 Å². The van der Waals surface area contributed by atoms with E-state index < -0.39 is 0 Å². The van der Waals surface area contributed by atoms with Crippen LogP contribution in [0.25, 0.3) is 20.8 Å². The first-order valence-corrected chi connectivity index (χ1v) is 6.92. The number of fused-ring (bicyclic) bond motifs is 1. The van der Waals surface area contributed by atoms with Crippen molar-refractivity contribution in [3.05, 3.63) is 36.4 Å². The van der Waals surface area contributed by atoms with E-state index in [1.807, 2.05) is 36.4 Å². The van der Waals surface area contributed by atoms with Gasteiger partial charge in [-0.1, -0.05) is 0 Å². The molecule has 0 radical (unpaired) electrons. The number of hydrogen-bond donors (Lipinski definition) is 1. The van der Waals surface area contributed by atoms with Gasteiger partial charge in [0, 0.05) is 11.3 Å². The summed E-state index contributed by atoms with van der Waals surface area (Å²) < 4.78 is 11.7. The van der Waals surface area contributed by atoms with E-state index in [1.54, 1.807) is 25.6 Å². The summed E-state index contributed by atoms with van der Waals surface area (Å²) in [6.45, 7) is 0. The van der Waals surface area contributed by atoms with Gasteiger partial charge in [-0.25, -0.2) is 4.98 Å². The summed E-state index contributed by atoms with van der Waals surface area (Å²) in [6, 6.07) is 11.4. The van der Waals surface area contributed by atoms with Crippen molar-refractivity contribution in [2.75, 3.05) is 20.0 Å². The molecule has 0 aliphatic heterocycles. The van der Waals surface area contributed by atoms with Gasteiger partial charge in [-0.2, -0.15) is 0 Å². The van der Waals surface area contributed by atoms with Crippen LogP contribution in [0, 0.1) is 0 Å². The van der Waals surface area contributed by atoms with Crippen LogP contribution >= 0.6 is 11.3 Å². The molecule has 3 rings (SSSR count). The van der Waals surface area contributed by atoms with Crippen molar-refractivity contribution in [3.63, 3.8) is 0 Å². The summed E-state index contributed by atoms with van der Waals surface area (Å²) >= 11 is 1.58. The predicted molar refractivity (Wildman–Crippen MR) is 82.6 cm³/mol. The van der Waals surface area contributed by atoms with Crippen LogP contribution in [0.3, 0.4) is 0 Å². The second kappa shape index (κ2) is 5.02. The number of ether oxygens (including phenoxy) is 2. The standard InChI is InChI=1S/C15H14N2O2S/c1-18-11-7-8-12(19-2)14-13(11)17-15(20-14)9-3-5-10(16)6-4-9/h3-8H,16H2,1-2H3. The molecule has 0 bridgehead atoms. The maximum atomic E-state index is 5.71. The lowest BCUT2D eigenvalue weighted by molar-refractivity contribution is 0.410. The van der Waals surface area contributed by atoms with Crippen LogP contribution in [0.1, 0.15) is 0 Å². The van der Waals surface area contributed by atoms with E-state index in [0.717, 1.165) is 38.0 Å². The third kappa shape index (κ3) is 2.06. The van der Waals surface area contributed by atoms with Gasteiger partial charge in [-0.05, 0) is 36.4 Å². The summed E-state index contributed by atoms with van der Waals surface area (Å²) in [5.74, 6) is 1.55. The summed E-state index contributed by atoms with van der Waals surface area (Å²) in [4.78, 5) is 4.66. The Morgan fingerprint density at radius 3 is 2.25 bits per heavy atom. The molecule has 4 nitrogen and oxygen atoms in total. The zero-order valence-electron chi connectivity index (χ0n) is 11.2. The number of aromatic nitrogens is 1. The second-order valence-electron chi connectivity index (χ2n) is 4.29. The molecule has 0 amide bonds. The largest absolute Gasteiger partial charge is 0.495 e. The minimum Gasteiger partial charge on any atom is -0.495 e. The van der Waals surface area contributed by atoms with Crippen LogP contribution in [0.2, 0.25) is 0 Å². The van der Waals surface area contributed by atoms with Crippen molar-refractivity contribution in [1.82, 2.24) is 4.98 Å². The van der Waals surface area contributed by atoms with Crippen molar-refractivity contribution in [1.29, 1.82) is 0 Å². The van der Waals surface area contributed by atoms with Crippen LogP contribution < -0.4 is 15.2 Å². The second-order valence-corrected chi connectivity index (χ2v) is 5.29. The average Bonchev–Trinajstić information content (AvgIpc) is 2.92. The molecule has 1 heterocycles. The lowest BCUT2D eigenvalue weighted by Gasteiger charge is -2.03. The lowest BCUT2D eigenvalue weighted by Crippen LogP contribution is -1.87. The first kappa shape index (κ1) is 12.7. The van der Waals surface area contributed by atoms with Crippen LogP contribution in [0.5, 0.6) is 11.5 Å². The fraction of sp³-hybridized carbons (Fsp3) is 0.133. The van der Waals surface area contributed by atoms with Crippen LogP contribution in [-0.2, 0) is 0 Å². The van der Waals surface area contributed by atoms with E-state index in [0.29, 0.717) is 0 Å². The number of anilines is 1. The predicted octanol–water partition coefficient (Wildman–Crippen LogP) is 3.56. The van der Waals surface area contributed by atoms with E-state index in [9.17, 15) is 0 Å². The quantitative estimate of drug-likeness (QED) is 0.748. The van der Waals surface area contributed by atoms with Gasteiger partial charge in [-0.3, -0.25) is 0 Å². The first-order valence-electron chi connectivity index (χ1n) is 6.10. The molecule has 0 spiro atoms. The monoisotopic (exact) mass is 286 g/mol. The van der Waals surface area contributed by atoms with Crippen molar-refractivity contribution in [2.45, 2.75) is 0 Å². The Labute approximate surface area is 120 Å². The van der Waals surface area contributed by atoms with Gasteiger partial charge in [0.15, 0.2) is 0 Å². The topological polar surface area (TPSA) is 57.4 Å². The molecule has 102 valence electrons. The molecule has 20 heavy (non-hydrogen) atoms. The van der Waals surface area contributed by atoms with E-state index in [1.165, 1.54) is 0 Å². The Bertz CT molecular complexity index is 709. The van der Waals surface area contributed by atoms with Crippen molar-refractivity contribution < 1.29 is 9.47 Å². The van der Waals surface area contributed by atoms with Crippen molar-refractivity contribution >= 4 is 27.2 Å². The van der Waals surface area contributed by atoms with E-state index in [4.69, 9.17) is 15.2 Å². The summed E-state index contributed by atoms with van der Waals surface area (Å²) in [6.07, 6.45) is 0. The van der Waals surface area contributed by atoms with E-state index in [2.05, 4.69) is 4.98 Å². The Hall–Kier alpha value is -2.27. The highest BCUT2D eigenvalue weighted by Crippen LogP contribution is 2.40. The molecule has 0 saturated heterocycles. The Kier molecular flexibility index (Phi) is 3.20. The number of hydrogen-bond acceptors (Lipinski definition) is 5. The first-order chi connectivity index (χ1) is 9.72. The molecule has 5 heteroatoms. The summed E-state index contributed by atoms with van der Waals surface area (Å²) in [5.41, 5.74) is 8.31. The molecule has 0 atom stereocenters. The van der Waals surface area contributed by atoms with Crippen LogP contribution in [0.15, 0.2) is 36.4 Å². The average molecular weight is 286 g/mol. The lowest BCUT2D eigenvalue weighted by atomic mass is 10.2. The number of nitrogens with zero attached hydrogens (tertiary/aromatic N) is 1. The molecular weight excluding hydrogens is 272 g/mol. The van der Waals surface area contributed by atoms with Crippen LogP contribution in [0.4, 0.5) is 5.69 Å². The van der Waals surface area contributed by atoms with Crippen LogP contribution in [-0.4, -0.2) is 19.2 Å². The minimum absolute atomic E-state index is 0.741. The molecular formula is C15H14N2O2S. The van der Waals surface area contributed by atoms with E-state index >= 15 is 0 Å². The van der Waals surface area contributed by atoms with Gasteiger partial charge in [-0.15, -0.1) is 11.3 Å². The highest BCUT2D eigenvalue weighted by molar-refractivity contribution is 7.22. The fourth-order valence-electron chi connectivity index (χ4n) is 2.03. The Morgan fingerprint density at radius 2 is 1.60 bits per heavy atom. The van der Waals surface area contributed by atoms with Gasteiger partial charge < -0.3 is 15.2 Å². The minimum atomic E-state index is 0.741. The molecule has 1 aromatic heterocycles. The molecule has 3 aromatic rings. The van der Waals surface area contributed by atoms with E-state index in [-0.39, 0.29) is 0 Å². The number of nitrogens with two attached hydrogens (primary N) is 1. The molecule has 2 N–H and O–H groups in total. The Balaban J connectivity index is 2.21. The third-order valence-electron chi connectivity index (χ3n) is 3.07. The zero-order valence-corrected chi connectivity index (χ0v) is 12.0. The molecule has 0 unspecified atom stereocenters. The number of methoxy groups -OCH3 is 2. The van der Waals surface area contributed by atoms with Gasteiger partial charge >= 0.3 is 0 Å². The highest BCUT2D eigenvalue weighted by Gasteiger charge is 2.14. The van der Waals surface area contributed by atoms with Gasteiger partial charge in [0.2, 0.25) is 0 Å². The maximum Gasteiger partial charge on any atom is 0.146 e. The maximum absolute atomic E-state index is 5.71. The highest BCUT2D eigenvalue weighted by atomic mass is 32.1. The number of thiazole rings is 1. The zero-order chi connectivity index (χ0) is 14.1. The smallest absolute Gasteiger partial charge is 0.146 e. The third-order valence-corrected chi connectivity index (χ3v) is 4.19. The molecule has 0 fully saturated rings. The summed E-state index contributed by atoms with van der Waals surface area (Å²) in [5, 5.41) is 0.919. The molecule has 2 aromatic carbocycles. The van der Waals surface area contributed by atoms with Gasteiger partial charge in [0.25, 0.3) is 0 Å². The van der Waals surface area contributed by atoms with Gasteiger partial charge in [0.05, 0.1) is 14.2 Å². The molecule has 0 aliphatic carbocycles. The number of benzene rings is 2. The number of nitrogen functional groups attached to an aromatic ring is 1. The fourth-order valence-corrected chi connectivity index (χ4v) is 3.11. The number of rotatable bonds is 3. The summed E-state index contributed by atoms with van der Waals surface area (Å²) in [7, 11) is 3.30. The normalized spacial score (nSPS) is 10.7. The Morgan fingerprint density at radius 1 is 0.950 bits per heavy atom. The SMILES string of the molecule is COc1ccc(OC)c2sc(-c3ccc(N)cc3)nc12.